The monoisotopic (exact) mass is 480 g/mol. The average Bonchev–Trinajstić information content (AvgIpc) is 3.20. The van der Waals surface area contributed by atoms with Crippen molar-refractivity contribution in [1.82, 2.24) is 24.9 Å². The van der Waals surface area contributed by atoms with Gasteiger partial charge in [0.1, 0.15) is 0 Å². The van der Waals surface area contributed by atoms with Gasteiger partial charge in [0, 0.05) is 58.7 Å². The van der Waals surface area contributed by atoms with Crippen molar-refractivity contribution in [2.45, 2.75) is 6.54 Å². The lowest BCUT2D eigenvalue weighted by Gasteiger charge is -2.36. The Balaban J connectivity index is 0.00000261. The van der Waals surface area contributed by atoms with Gasteiger partial charge in [0.15, 0.2) is 5.96 Å². The van der Waals surface area contributed by atoms with Gasteiger partial charge in [-0.15, -0.1) is 24.0 Å². The molecule has 3 rings (SSSR count). The first-order chi connectivity index (χ1) is 12.8. The van der Waals surface area contributed by atoms with Crippen LogP contribution in [0.1, 0.15) is 5.56 Å². The number of nitrogens with one attached hydrogen (secondary N) is 1. The van der Waals surface area contributed by atoms with Crippen LogP contribution in [0.25, 0.3) is 6.08 Å². The fourth-order valence-corrected chi connectivity index (χ4v) is 3.09. The van der Waals surface area contributed by atoms with E-state index in [0.717, 1.165) is 51.8 Å². The van der Waals surface area contributed by atoms with Crippen molar-refractivity contribution < 1.29 is 0 Å². The lowest BCUT2D eigenvalue weighted by atomic mass is 10.2. The van der Waals surface area contributed by atoms with E-state index in [4.69, 9.17) is 0 Å². The molecule has 27 heavy (non-hydrogen) atoms. The van der Waals surface area contributed by atoms with Crippen molar-refractivity contribution >= 4 is 36.0 Å². The molecule has 146 valence electrons. The Morgan fingerprint density at radius 2 is 1.93 bits per heavy atom. The Hall–Kier alpha value is -1.87. The van der Waals surface area contributed by atoms with E-state index in [1.807, 2.05) is 30.1 Å². The van der Waals surface area contributed by atoms with Crippen LogP contribution in [0, 0.1) is 0 Å². The molecular weight excluding hydrogens is 451 g/mol. The molecule has 1 N–H and O–H groups in total. The maximum absolute atomic E-state index is 4.43. The second-order valence-corrected chi connectivity index (χ2v) is 6.34. The molecular formula is C20H29IN6. The van der Waals surface area contributed by atoms with Crippen LogP contribution in [0.3, 0.4) is 0 Å². The molecule has 0 aliphatic carbocycles. The van der Waals surface area contributed by atoms with E-state index in [2.05, 4.69) is 61.6 Å². The van der Waals surface area contributed by atoms with Crippen LogP contribution >= 0.6 is 24.0 Å². The van der Waals surface area contributed by atoms with Crippen LogP contribution in [0.2, 0.25) is 0 Å². The Morgan fingerprint density at radius 1 is 1.15 bits per heavy atom. The van der Waals surface area contributed by atoms with Gasteiger partial charge in [-0.1, -0.05) is 42.5 Å². The fraction of sp³-hybridized carbons (Fsp3) is 0.400. The number of aromatic nitrogens is 2. The van der Waals surface area contributed by atoms with Crippen molar-refractivity contribution in [2.24, 2.45) is 4.99 Å². The second-order valence-electron chi connectivity index (χ2n) is 6.34. The summed E-state index contributed by atoms with van der Waals surface area (Å²) in [5.41, 5.74) is 1.26. The van der Waals surface area contributed by atoms with Crippen LogP contribution in [-0.4, -0.2) is 71.9 Å². The lowest BCUT2D eigenvalue weighted by molar-refractivity contribution is 0.194. The number of hydrogen-bond donors (Lipinski definition) is 1. The van der Waals surface area contributed by atoms with E-state index in [-0.39, 0.29) is 24.0 Å². The smallest absolute Gasteiger partial charge is 0.193 e. The van der Waals surface area contributed by atoms with E-state index < -0.39 is 0 Å². The molecule has 1 aromatic heterocycles. The molecule has 1 aromatic carbocycles. The van der Waals surface area contributed by atoms with E-state index in [1.54, 1.807) is 6.20 Å². The van der Waals surface area contributed by atoms with Crippen LogP contribution in [-0.2, 0) is 6.54 Å². The lowest BCUT2D eigenvalue weighted by Crippen LogP contribution is -2.52. The van der Waals surface area contributed by atoms with Gasteiger partial charge >= 0.3 is 0 Å². The summed E-state index contributed by atoms with van der Waals surface area (Å²) in [6, 6.07) is 12.4. The van der Waals surface area contributed by atoms with Crippen molar-refractivity contribution in [2.75, 3.05) is 46.3 Å². The Bertz CT molecular complexity index is 691. The zero-order valence-corrected chi connectivity index (χ0v) is 18.2. The molecule has 1 aliphatic rings. The van der Waals surface area contributed by atoms with E-state index in [1.165, 1.54) is 5.56 Å². The molecule has 0 spiro atoms. The molecule has 0 amide bonds. The zero-order valence-electron chi connectivity index (χ0n) is 15.9. The molecule has 2 aromatic rings. The largest absolute Gasteiger partial charge is 0.354 e. The number of hydrogen-bond acceptors (Lipinski definition) is 3. The summed E-state index contributed by atoms with van der Waals surface area (Å²) in [6.07, 6.45) is 8.23. The number of rotatable bonds is 6. The molecule has 0 atom stereocenters. The highest BCUT2D eigenvalue weighted by molar-refractivity contribution is 14.0. The minimum atomic E-state index is 0. The van der Waals surface area contributed by atoms with Crippen molar-refractivity contribution in [3.05, 3.63) is 60.4 Å². The molecule has 6 nitrogen and oxygen atoms in total. The molecule has 1 saturated heterocycles. The number of aliphatic imine (C=N–C) groups is 1. The summed E-state index contributed by atoms with van der Waals surface area (Å²) in [4.78, 5) is 9.24. The zero-order chi connectivity index (χ0) is 18.0. The summed E-state index contributed by atoms with van der Waals surface area (Å²) in [5, 5.41) is 7.66. The van der Waals surface area contributed by atoms with Crippen LogP contribution < -0.4 is 5.32 Å². The van der Waals surface area contributed by atoms with Gasteiger partial charge in [-0.3, -0.25) is 14.6 Å². The van der Waals surface area contributed by atoms with Crippen molar-refractivity contribution in [3.8, 4) is 0 Å². The predicted molar refractivity (Wildman–Crippen MR) is 122 cm³/mol. The fourth-order valence-electron chi connectivity index (χ4n) is 3.09. The molecule has 2 heterocycles. The Labute approximate surface area is 179 Å². The van der Waals surface area contributed by atoms with Gasteiger partial charge in [-0.2, -0.15) is 5.10 Å². The van der Waals surface area contributed by atoms with Crippen LogP contribution in [0.15, 0.2) is 59.9 Å². The van der Waals surface area contributed by atoms with Gasteiger partial charge in [-0.25, -0.2) is 0 Å². The molecule has 1 aliphatic heterocycles. The van der Waals surface area contributed by atoms with Gasteiger partial charge in [-0.05, 0) is 11.6 Å². The SMILES string of the molecule is CN=C(NCCn1cccn1)N1CCN(C/C=C/c2ccccc2)CC1.I. The number of nitrogens with zero attached hydrogens (tertiary/aromatic N) is 5. The number of piperazine rings is 1. The topological polar surface area (TPSA) is 48.7 Å². The average molecular weight is 480 g/mol. The first-order valence-electron chi connectivity index (χ1n) is 9.22. The van der Waals surface area contributed by atoms with Crippen molar-refractivity contribution in [1.29, 1.82) is 0 Å². The summed E-state index contributed by atoms with van der Waals surface area (Å²) in [7, 11) is 1.85. The Kier molecular flexibility index (Phi) is 9.34. The standard InChI is InChI=1S/C20H28N6.HI/c1-21-20(22-11-14-26-13-6-10-23-26)25-17-15-24(16-18-25)12-5-9-19-7-3-2-4-8-19;/h2-10,13H,11-12,14-18H2,1H3,(H,21,22);1H/b9-5+;. The summed E-state index contributed by atoms with van der Waals surface area (Å²) < 4.78 is 1.93. The summed E-state index contributed by atoms with van der Waals surface area (Å²) in [6.45, 7) is 6.78. The maximum atomic E-state index is 4.43. The second kappa shape index (κ2) is 11.8. The predicted octanol–water partition coefficient (Wildman–Crippen LogP) is 2.41. The third kappa shape index (κ3) is 6.99. The molecule has 1 fully saturated rings. The van der Waals surface area contributed by atoms with Crippen LogP contribution in [0.4, 0.5) is 0 Å². The van der Waals surface area contributed by atoms with E-state index >= 15 is 0 Å². The number of benzene rings is 1. The highest BCUT2D eigenvalue weighted by atomic mass is 127. The van der Waals surface area contributed by atoms with Crippen LogP contribution in [0.5, 0.6) is 0 Å². The maximum Gasteiger partial charge on any atom is 0.193 e. The van der Waals surface area contributed by atoms with E-state index in [0.29, 0.717) is 0 Å². The third-order valence-corrected chi connectivity index (χ3v) is 4.54. The molecule has 0 saturated carbocycles. The molecule has 7 heteroatoms. The first kappa shape index (κ1) is 21.4. The number of halogens is 1. The minimum Gasteiger partial charge on any atom is -0.354 e. The number of guanidine groups is 1. The third-order valence-electron chi connectivity index (χ3n) is 4.54. The normalized spacial score (nSPS) is 15.7. The van der Waals surface area contributed by atoms with Gasteiger partial charge in [0.25, 0.3) is 0 Å². The van der Waals surface area contributed by atoms with Gasteiger partial charge in [0.2, 0.25) is 0 Å². The van der Waals surface area contributed by atoms with Gasteiger partial charge in [0.05, 0.1) is 6.54 Å². The van der Waals surface area contributed by atoms with E-state index in [9.17, 15) is 0 Å². The summed E-state index contributed by atoms with van der Waals surface area (Å²) >= 11 is 0. The van der Waals surface area contributed by atoms with Gasteiger partial charge < -0.3 is 10.2 Å². The first-order valence-corrected chi connectivity index (χ1v) is 9.22. The Morgan fingerprint density at radius 3 is 2.59 bits per heavy atom. The quantitative estimate of drug-likeness (QED) is 0.392. The molecule has 0 bridgehead atoms. The summed E-state index contributed by atoms with van der Waals surface area (Å²) in [5.74, 6) is 0.983. The minimum absolute atomic E-state index is 0. The molecule has 0 unspecified atom stereocenters. The highest BCUT2D eigenvalue weighted by Crippen LogP contribution is 2.05. The van der Waals surface area contributed by atoms with Crippen molar-refractivity contribution in [3.63, 3.8) is 0 Å². The molecule has 0 radical (unpaired) electrons. The highest BCUT2D eigenvalue weighted by Gasteiger charge is 2.18.